The Bertz CT molecular complexity index is 1220. The molecule has 0 saturated carbocycles. The van der Waals surface area contributed by atoms with Gasteiger partial charge in [-0.25, -0.2) is 9.18 Å². The van der Waals surface area contributed by atoms with Gasteiger partial charge < -0.3 is 25.8 Å². The maximum atomic E-state index is 13.5. The van der Waals surface area contributed by atoms with Crippen LogP contribution < -0.4 is 16.0 Å². The van der Waals surface area contributed by atoms with Crippen molar-refractivity contribution in [2.24, 2.45) is 0 Å². The number of halogens is 1. The van der Waals surface area contributed by atoms with Crippen LogP contribution in [-0.4, -0.2) is 58.7 Å². The van der Waals surface area contributed by atoms with Gasteiger partial charge in [-0.2, -0.15) is 0 Å². The summed E-state index contributed by atoms with van der Waals surface area (Å²) in [6.45, 7) is 6.87. The highest BCUT2D eigenvalue weighted by Gasteiger charge is 2.29. The van der Waals surface area contributed by atoms with Gasteiger partial charge in [-0.3, -0.25) is 14.4 Å². The van der Waals surface area contributed by atoms with E-state index in [-0.39, 0.29) is 30.2 Å². The van der Waals surface area contributed by atoms with Gasteiger partial charge >= 0.3 is 17.8 Å². The molecule has 1 saturated heterocycles. The molecule has 3 N–H and O–H groups in total. The van der Waals surface area contributed by atoms with Crippen molar-refractivity contribution in [3.8, 4) is 0 Å². The highest BCUT2D eigenvalue weighted by molar-refractivity contribution is 6.35. The number of anilines is 1. The minimum absolute atomic E-state index is 0.153. The van der Waals surface area contributed by atoms with Gasteiger partial charge in [0.15, 0.2) is 0 Å². The predicted molar refractivity (Wildman–Crippen MR) is 141 cm³/mol. The summed E-state index contributed by atoms with van der Waals surface area (Å²) >= 11 is 0. The number of fused-ring (bicyclic) bond motifs is 1. The number of piperidine rings is 1. The van der Waals surface area contributed by atoms with Gasteiger partial charge in [-0.1, -0.05) is 18.2 Å². The van der Waals surface area contributed by atoms with Gasteiger partial charge in [0.2, 0.25) is 5.91 Å². The van der Waals surface area contributed by atoms with Crippen molar-refractivity contribution < 1.29 is 23.6 Å². The monoisotopic (exact) mass is 523 g/mol. The van der Waals surface area contributed by atoms with E-state index in [1.165, 1.54) is 19.1 Å². The number of urea groups is 1. The van der Waals surface area contributed by atoms with Crippen LogP contribution in [0.15, 0.2) is 42.5 Å². The third kappa shape index (κ3) is 6.67. The number of carbonyl (C=O) groups excluding carboxylic acids is 4. The quantitative estimate of drug-likeness (QED) is 0.523. The van der Waals surface area contributed by atoms with Crippen molar-refractivity contribution in [2.45, 2.75) is 58.2 Å². The average molecular weight is 524 g/mol. The molecule has 0 aromatic heterocycles. The first-order valence-corrected chi connectivity index (χ1v) is 12.8. The van der Waals surface area contributed by atoms with Crippen LogP contribution in [0.1, 0.15) is 56.2 Å². The van der Waals surface area contributed by atoms with Crippen LogP contribution >= 0.6 is 0 Å². The van der Waals surface area contributed by atoms with E-state index in [9.17, 15) is 23.6 Å². The third-order valence-corrected chi connectivity index (χ3v) is 6.99. The van der Waals surface area contributed by atoms with Crippen LogP contribution in [0, 0.1) is 5.82 Å². The molecule has 2 aromatic rings. The number of hydrogen-bond acceptors (Lipinski definition) is 4. The summed E-state index contributed by atoms with van der Waals surface area (Å²) in [5.74, 6) is -1.50. The first-order chi connectivity index (χ1) is 18.0. The lowest BCUT2D eigenvalue weighted by Gasteiger charge is -2.32. The molecule has 10 heteroatoms. The molecule has 0 unspecified atom stereocenters. The molecule has 0 aliphatic carbocycles. The molecule has 2 aliphatic rings. The Morgan fingerprint density at radius 2 is 1.61 bits per heavy atom. The molecular weight excluding hydrogens is 489 g/mol. The molecule has 5 amide bonds. The molecule has 4 rings (SSSR count). The number of rotatable bonds is 5. The summed E-state index contributed by atoms with van der Waals surface area (Å²) in [5, 5.41) is 8.26. The van der Waals surface area contributed by atoms with Gasteiger partial charge in [-0.15, -0.1) is 0 Å². The van der Waals surface area contributed by atoms with Crippen LogP contribution in [0.4, 0.5) is 14.9 Å². The van der Waals surface area contributed by atoms with Gasteiger partial charge in [0.05, 0.1) is 5.54 Å². The maximum Gasteiger partial charge on any atom is 0.322 e. The second-order valence-corrected chi connectivity index (χ2v) is 10.6. The van der Waals surface area contributed by atoms with Crippen LogP contribution in [0.3, 0.4) is 0 Å². The molecule has 0 bridgehead atoms. The predicted octanol–water partition coefficient (Wildman–Crippen LogP) is 3.11. The summed E-state index contributed by atoms with van der Waals surface area (Å²) in [6, 6.07) is 12.0. The SMILES string of the molecule is CC(=O)NC(C)(C)CNC(=O)C(=O)N1CCC(c2ccc(NC(=O)N3Cc4ccc(F)cc4C3)cc2)CC1. The number of benzene rings is 2. The fourth-order valence-electron chi connectivity index (χ4n) is 5.00. The Morgan fingerprint density at radius 3 is 2.26 bits per heavy atom. The number of hydrogen-bond donors (Lipinski definition) is 3. The van der Waals surface area contributed by atoms with Gasteiger partial charge in [0.25, 0.3) is 0 Å². The Kier molecular flexibility index (Phi) is 7.99. The smallest absolute Gasteiger partial charge is 0.322 e. The van der Waals surface area contributed by atoms with Crippen LogP contribution in [-0.2, 0) is 27.5 Å². The molecule has 2 aliphatic heterocycles. The largest absolute Gasteiger partial charge is 0.350 e. The Labute approximate surface area is 221 Å². The summed E-state index contributed by atoms with van der Waals surface area (Å²) in [6.07, 6.45) is 1.45. The summed E-state index contributed by atoms with van der Waals surface area (Å²) in [5.41, 5.74) is 2.91. The molecule has 38 heavy (non-hydrogen) atoms. The fourth-order valence-corrected chi connectivity index (χ4v) is 5.00. The summed E-state index contributed by atoms with van der Waals surface area (Å²) < 4.78 is 13.5. The standard InChI is InChI=1S/C28H34FN5O4/c1-18(35)32-28(2,3)17-30-25(36)26(37)33-12-10-20(11-13-33)19-5-8-24(9-6-19)31-27(38)34-15-21-4-7-23(29)14-22(21)16-34/h4-9,14,20H,10-13,15-17H2,1-3H3,(H,30,36)(H,31,38)(H,32,35). The molecule has 0 radical (unpaired) electrons. The van der Waals surface area contributed by atoms with E-state index >= 15 is 0 Å². The maximum absolute atomic E-state index is 13.5. The van der Waals surface area contributed by atoms with Crippen molar-refractivity contribution in [1.29, 1.82) is 0 Å². The number of carbonyl (C=O) groups is 4. The van der Waals surface area contributed by atoms with E-state index in [1.807, 2.05) is 24.3 Å². The van der Waals surface area contributed by atoms with Crippen molar-refractivity contribution >= 4 is 29.4 Å². The van der Waals surface area contributed by atoms with Gasteiger partial charge in [0.1, 0.15) is 5.82 Å². The first kappa shape index (κ1) is 27.1. The van der Waals surface area contributed by atoms with Crippen LogP contribution in [0.25, 0.3) is 0 Å². The number of likely N-dealkylation sites (tertiary alicyclic amines) is 1. The number of nitrogens with zero attached hydrogens (tertiary/aromatic N) is 2. The Morgan fingerprint density at radius 1 is 0.947 bits per heavy atom. The zero-order chi connectivity index (χ0) is 27.4. The van der Waals surface area contributed by atoms with E-state index in [1.54, 1.807) is 29.7 Å². The highest BCUT2D eigenvalue weighted by Crippen LogP contribution is 2.29. The van der Waals surface area contributed by atoms with E-state index in [0.29, 0.717) is 31.9 Å². The first-order valence-electron chi connectivity index (χ1n) is 12.8. The molecule has 0 spiro atoms. The van der Waals surface area contributed by atoms with Crippen LogP contribution in [0.2, 0.25) is 0 Å². The number of amides is 5. The summed E-state index contributed by atoms with van der Waals surface area (Å²) in [7, 11) is 0. The lowest BCUT2D eigenvalue weighted by atomic mass is 9.89. The lowest BCUT2D eigenvalue weighted by molar-refractivity contribution is -0.146. The van der Waals surface area contributed by atoms with E-state index in [4.69, 9.17) is 0 Å². The highest BCUT2D eigenvalue weighted by atomic mass is 19.1. The molecule has 2 aromatic carbocycles. The second kappa shape index (κ2) is 11.2. The molecule has 0 atom stereocenters. The number of nitrogens with one attached hydrogen (secondary N) is 3. The van der Waals surface area contributed by atoms with Gasteiger partial charge in [0, 0.05) is 45.3 Å². The van der Waals surface area contributed by atoms with Crippen molar-refractivity contribution in [1.82, 2.24) is 20.4 Å². The normalized spacial score (nSPS) is 15.6. The van der Waals surface area contributed by atoms with E-state index in [2.05, 4.69) is 16.0 Å². The minimum Gasteiger partial charge on any atom is -0.350 e. The molecule has 1 fully saturated rings. The third-order valence-electron chi connectivity index (χ3n) is 6.99. The van der Waals surface area contributed by atoms with Crippen molar-refractivity contribution in [3.05, 3.63) is 65.0 Å². The second-order valence-electron chi connectivity index (χ2n) is 10.6. The van der Waals surface area contributed by atoms with Gasteiger partial charge in [-0.05, 0) is 73.6 Å². The zero-order valence-electron chi connectivity index (χ0n) is 22.0. The molecule has 9 nitrogen and oxygen atoms in total. The minimum atomic E-state index is -0.673. The Balaban J connectivity index is 1.23. The summed E-state index contributed by atoms with van der Waals surface area (Å²) in [4.78, 5) is 52.1. The fraction of sp³-hybridized carbons (Fsp3) is 0.429. The van der Waals surface area contributed by atoms with E-state index in [0.717, 1.165) is 29.5 Å². The lowest BCUT2D eigenvalue weighted by Crippen LogP contribution is -2.53. The van der Waals surface area contributed by atoms with E-state index < -0.39 is 17.4 Å². The Hall–Kier alpha value is -3.95. The van der Waals surface area contributed by atoms with Crippen molar-refractivity contribution in [3.63, 3.8) is 0 Å². The van der Waals surface area contributed by atoms with Crippen molar-refractivity contribution in [2.75, 3.05) is 25.0 Å². The van der Waals surface area contributed by atoms with Crippen LogP contribution in [0.5, 0.6) is 0 Å². The molecule has 202 valence electrons. The topological polar surface area (TPSA) is 111 Å². The zero-order valence-corrected chi connectivity index (χ0v) is 22.0. The molecule has 2 heterocycles. The molecular formula is C28H34FN5O4. The average Bonchev–Trinajstić information content (AvgIpc) is 3.30.